The van der Waals surface area contributed by atoms with E-state index in [9.17, 15) is 33.8 Å². The van der Waals surface area contributed by atoms with E-state index in [0.717, 1.165) is 15.3 Å². The number of rotatable bonds is 10. The van der Waals surface area contributed by atoms with E-state index < -0.39 is 60.8 Å². The molecule has 1 fully saturated rings. The number of aromatic nitrogens is 1. The van der Waals surface area contributed by atoms with Crippen molar-refractivity contribution in [3.05, 3.63) is 75.6 Å². The molecule has 2 aliphatic rings. The van der Waals surface area contributed by atoms with E-state index in [1.165, 1.54) is 46.9 Å². The molecule has 13 nitrogen and oxygen atoms in total. The summed E-state index contributed by atoms with van der Waals surface area (Å²) < 4.78 is 24.1. The SMILES string of the molecule is CC(C)(C)OC(=O)Nc1csc(-c2csc(CNC(=O)C3CC(O)(O)CN3C(=O)CNC(=O)C3=CCC(Oc4ccc(F)cc4)C=C3)c2)n1. The fourth-order valence-electron chi connectivity index (χ4n) is 5.02. The van der Waals surface area contributed by atoms with Crippen molar-refractivity contribution in [2.45, 2.75) is 63.7 Å². The summed E-state index contributed by atoms with van der Waals surface area (Å²) in [7, 11) is 0. The van der Waals surface area contributed by atoms with Crippen molar-refractivity contribution < 1.29 is 43.3 Å². The molecule has 4 amide bonds. The molecule has 0 spiro atoms. The van der Waals surface area contributed by atoms with Crippen LogP contribution in [0.5, 0.6) is 5.75 Å². The lowest BCUT2D eigenvalue weighted by atomic mass is 10.0. The standard InChI is InChI=1S/C33H36FN5O8S2/c1-32(2,3)47-31(43)38-26-17-49-30(37-26)20-12-24(48-16-20)14-35-29(42)25-13-33(44,45)18-39(25)27(40)15-36-28(41)19-4-8-22(9-5-19)46-23-10-6-21(34)7-11-23/h4-8,10-12,16-17,22,25,44-45H,9,13-15,18H2,1-3H3,(H,35,42)(H,36,41)(H,38,43). The van der Waals surface area contributed by atoms with Crippen molar-refractivity contribution in [2.24, 2.45) is 0 Å². The van der Waals surface area contributed by atoms with Crippen LogP contribution >= 0.6 is 22.7 Å². The maximum Gasteiger partial charge on any atom is 0.413 e. The third-order valence-electron chi connectivity index (χ3n) is 7.24. The Balaban J connectivity index is 1.10. The summed E-state index contributed by atoms with van der Waals surface area (Å²) in [4.78, 5) is 57.2. The predicted molar refractivity (Wildman–Crippen MR) is 180 cm³/mol. The van der Waals surface area contributed by atoms with Crippen LogP contribution in [0.15, 0.2) is 64.9 Å². The van der Waals surface area contributed by atoms with Crippen LogP contribution < -0.4 is 20.7 Å². The Hall–Kier alpha value is -4.64. The number of likely N-dealkylation sites (tertiary alicyclic amines) is 1. The summed E-state index contributed by atoms with van der Waals surface area (Å²) in [6.07, 6.45) is 3.89. The fourth-order valence-corrected chi connectivity index (χ4v) is 6.64. The lowest BCUT2D eigenvalue weighted by Gasteiger charge is -2.24. The third-order valence-corrected chi connectivity index (χ3v) is 9.07. The van der Waals surface area contributed by atoms with Gasteiger partial charge in [-0.05, 0) is 57.2 Å². The number of nitrogens with one attached hydrogen (secondary N) is 3. The average Bonchev–Trinajstić information content (AvgIpc) is 3.77. The summed E-state index contributed by atoms with van der Waals surface area (Å²) in [6, 6.07) is 6.25. The van der Waals surface area contributed by atoms with Gasteiger partial charge in [0.25, 0.3) is 5.91 Å². The molecule has 2 atom stereocenters. The molecular weight excluding hydrogens is 678 g/mol. The lowest BCUT2D eigenvalue weighted by Crippen LogP contribution is -2.49. The van der Waals surface area contributed by atoms with Gasteiger partial charge in [-0.1, -0.05) is 12.2 Å². The van der Waals surface area contributed by atoms with Gasteiger partial charge in [-0.3, -0.25) is 19.7 Å². The van der Waals surface area contributed by atoms with Gasteiger partial charge in [0.2, 0.25) is 11.8 Å². The number of aliphatic hydroxyl groups is 2. The number of carbonyl (C=O) groups excluding carboxylic acids is 4. The van der Waals surface area contributed by atoms with Gasteiger partial charge >= 0.3 is 6.09 Å². The minimum absolute atomic E-state index is 0.114. The second-order valence-corrected chi connectivity index (χ2v) is 14.3. The molecule has 1 aliphatic carbocycles. The molecule has 1 aliphatic heterocycles. The Labute approximate surface area is 289 Å². The molecule has 49 heavy (non-hydrogen) atoms. The zero-order valence-electron chi connectivity index (χ0n) is 26.9. The lowest BCUT2D eigenvalue weighted by molar-refractivity contribution is -0.154. The first-order chi connectivity index (χ1) is 23.1. The molecule has 0 radical (unpaired) electrons. The second kappa shape index (κ2) is 14.9. The van der Waals surface area contributed by atoms with Gasteiger partial charge in [0.15, 0.2) is 5.79 Å². The first kappa shape index (κ1) is 35.7. The molecular formula is C33H36FN5O8S2. The number of ether oxygens (including phenoxy) is 2. The number of anilines is 1. The van der Waals surface area contributed by atoms with Crippen LogP contribution in [0.2, 0.25) is 0 Å². The van der Waals surface area contributed by atoms with Gasteiger partial charge in [-0.2, -0.15) is 0 Å². The molecule has 16 heteroatoms. The average molecular weight is 714 g/mol. The Morgan fingerprint density at radius 3 is 2.55 bits per heavy atom. The topological polar surface area (TPSA) is 179 Å². The summed E-state index contributed by atoms with van der Waals surface area (Å²) in [5.41, 5.74) is 0.448. The van der Waals surface area contributed by atoms with E-state index in [0.29, 0.717) is 28.6 Å². The van der Waals surface area contributed by atoms with E-state index in [2.05, 4.69) is 20.9 Å². The molecule has 3 aromatic rings. The maximum absolute atomic E-state index is 13.1. The first-order valence-electron chi connectivity index (χ1n) is 15.3. The van der Waals surface area contributed by atoms with Crippen LogP contribution in [0, 0.1) is 5.82 Å². The minimum atomic E-state index is -2.28. The van der Waals surface area contributed by atoms with Crippen LogP contribution in [0.1, 0.15) is 38.5 Å². The highest BCUT2D eigenvalue weighted by Gasteiger charge is 2.46. The smallest absolute Gasteiger partial charge is 0.413 e. The number of β-amino-alcohol motifs (C(OH)–C–C–N with tert-alkyl or cyclic N) is 2. The number of halogens is 1. The second-order valence-electron chi connectivity index (χ2n) is 12.5. The van der Waals surface area contributed by atoms with Crippen molar-refractivity contribution >= 4 is 52.3 Å². The Morgan fingerprint density at radius 2 is 1.86 bits per heavy atom. The number of thiophene rings is 1. The van der Waals surface area contributed by atoms with Crippen LogP contribution in [0.4, 0.5) is 15.0 Å². The molecule has 260 valence electrons. The Kier molecular flexibility index (Phi) is 10.8. The summed E-state index contributed by atoms with van der Waals surface area (Å²) in [6.45, 7) is 4.43. The van der Waals surface area contributed by atoms with Crippen molar-refractivity contribution in [1.82, 2.24) is 20.5 Å². The third kappa shape index (κ3) is 9.95. The number of hydrogen-bond donors (Lipinski definition) is 5. The van der Waals surface area contributed by atoms with Crippen molar-refractivity contribution in [3.8, 4) is 16.3 Å². The number of thiazole rings is 1. The zero-order chi connectivity index (χ0) is 35.3. The van der Waals surface area contributed by atoms with E-state index in [1.54, 1.807) is 44.4 Å². The Bertz CT molecular complexity index is 1760. The maximum atomic E-state index is 13.1. The highest BCUT2D eigenvalue weighted by atomic mass is 32.1. The quantitative estimate of drug-likeness (QED) is 0.196. The van der Waals surface area contributed by atoms with Gasteiger partial charge in [0.1, 0.15) is 40.1 Å². The number of carbonyl (C=O) groups is 4. The summed E-state index contributed by atoms with van der Waals surface area (Å²) >= 11 is 2.70. The fraction of sp³-hybridized carbons (Fsp3) is 0.364. The molecule has 5 N–H and O–H groups in total. The Morgan fingerprint density at radius 1 is 1.10 bits per heavy atom. The van der Waals surface area contributed by atoms with Crippen LogP contribution in [-0.2, 0) is 25.7 Å². The number of benzene rings is 1. The van der Waals surface area contributed by atoms with E-state index >= 15 is 0 Å². The monoisotopic (exact) mass is 713 g/mol. The van der Waals surface area contributed by atoms with Crippen molar-refractivity contribution in [1.29, 1.82) is 0 Å². The van der Waals surface area contributed by atoms with E-state index in [1.807, 2.05) is 11.4 Å². The number of hydrogen-bond acceptors (Lipinski definition) is 11. The number of amides is 4. The predicted octanol–water partition coefficient (Wildman–Crippen LogP) is 3.71. The van der Waals surface area contributed by atoms with E-state index in [4.69, 9.17) is 9.47 Å². The summed E-state index contributed by atoms with van der Waals surface area (Å²) in [5.74, 6) is -3.58. The number of nitrogens with zero attached hydrogens (tertiary/aromatic N) is 2. The van der Waals surface area contributed by atoms with Crippen LogP contribution in [-0.4, -0.2) is 80.5 Å². The molecule has 5 rings (SSSR count). The van der Waals surface area contributed by atoms with Gasteiger partial charge in [-0.25, -0.2) is 14.2 Å². The van der Waals surface area contributed by atoms with Crippen molar-refractivity contribution in [2.75, 3.05) is 18.4 Å². The highest BCUT2D eigenvalue weighted by molar-refractivity contribution is 7.14. The van der Waals surface area contributed by atoms with E-state index in [-0.39, 0.29) is 18.5 Å². The molecule has 2 unspecified atom stereocenters. The molecule has 1 saturated heterocycles. The van der Waals surface area contributed by atoms with Gasteiger partial charge in [-0.15, -0.1) is 22.7 Å². The largest absolute Gasteiger partial charge is 0.486 e. The highest BCUT2D eigenvalue weighted by Crippen LogP contribution is 2.31. The zero-order valence-corrected chi connectivity index (χ0v) is 28.5. The molecule has 1 aromatic carbocycles. The minimum Gasteiger partial charge on any atom is -0.486 e. The molecule has 0 saturated carbocycles. The normalized spacial score (nSPS) is 18.4. The summed E-state index contributed by atoms with van der Waals surface area (Å²) in [5, 5.41) is 32.7. The molecule has 0 bridgehead atoms. The molecule has 3 heterocycles. The van der Waals surface area contributed by atoms with Crippen LogP contribution in [0.3, 0.4) is 0 Å². The first-order valence-corrected chi connectivity index (χ1v) is 17.0. The van der Waals surface area contributed by atoms with Crippen LogP contribution in [0.25, 0.3) is 10.6 Å². The van der Waals surface area contributed by atoms with Gasteiger partial charge in [0.05, 0.1) is 19.6 Å². The molecule has 2 aromatic heterocycles. The van der Waals surface area contributed by atoms with Gasteiger partial charge in [0, 0.05) is 39.6 Å². The van der Waals surface area contributed by atoms with Crippen molar-refractivity contribution in [3.63, 3.8) is 0 Å². The van der Waals surface area contributed by atoms with Gasteiger partial charge < -0.3 is 35.2 Å².